The van der Waals surface area contributed by atoms with E-state index in [2.05, 4.69) is 17.1 Å². The van der Waals surface area contributed by atoms with E-state index in [0.29, 0.717) is 5.91 Å². The van der Waals surface area contributed by atoms with Crippen LogP contribution in [-0.4, -0.2) is 37.5 Å². The summed E-state index contributed by atoms with van der Waals surface area (Å²) in [5, 5.41) is 2.94. The van der Waals surface area contributed by atoms with Crippen molar-refractivity contribution in [1.29, 1.82) is 0 Å². The van der Waals surface area contributed by atoms with Crippen LogP contribution in [0.2, 0.25) is 0 Å². The Hall–Kier alpha value is -0.570. The quantitative estimate of drug-likeness (QED) is 0.562. The Morgan fingerprint density at radius 3 is 2.56 bits per heavy atom. The first-order valence-electron chi connectivity index (χ1n) is 11.2. The molecule has 0 spiro atoms. The zero-order valence-corrected chi connectivity index (χ0v) is 16.9. The lowest BCUT2D eigenvalue weighted by Crippen LogP contribution is -2.38. The molecule has 0 aromatic rings. The third-order valence-electron chi connectivity index (χ3n) is 6.56. The summed E-state index contributed by atoms with van der Waals surface area (Å²) in [6, 6.07) is 0. The number of carbonyl (C=O) groups excluding carboxylic acids is 1. The molecule has 2 fully saturated rings. The van der Waals surface area contributed by atoms with Gasteiger partial charge < -0.3 is 10.2 Å². The van der Waals surface area contributed by atoms with E-state index in [1.807, 2.05) is 7.05 Å². The Morgan fingerprint density at radius 1 is 1.08 bits per heavy atom. The predicted molar refractivity (Wildman–Crippen MR) is 107 cm³/mol. The molecule has 1 N–H and O–H groups in total. The number of hydrogen-bond donors (Lipinski definition) is 1. The van der Waals surface area contributed by atoms with Gasteiger partial charge in [0.2, 0.25) is 5.91 Å². The van der Waals surface area contributed by atoms with Crippen LogP contribution in [0.3, 0.4) is 0 Å². The molecule has 2 aliphatic rings. The molecule has 1 heterocycles. The maximum atomic E-state index is 12.4. The second-order valence-electron chi connectivity index (χ2n) is 8.64. The van der Waals surface area contributed by atoms with Gasteiger partial charge in [-0.15, -0.1) is 0 Å². The van der Waals surface area contributed by atoms with Crippen LogP contribution >= 0.6 is 0 Å². The van der Waals surface area contributed by atoms with E-state index in [-0.39, 0.29) is 5.92 Å². The molecular formula is C22H42N2O. The lowest BCUT2D eigenvalue weighted by molar-refractivity contribution is -0.125. The van der Waals surface area contributed by atoms with Crippen LogP contribution < -0.4 is 5.32 Å². The number of hydrogen-bond acceptors (Lipinski definition) is 2. The van der Waals surface area contributed by atoms with Crippen molar-refractivity contribution in [2.24, 2.45) is 17.8 Å². The second kappa shape index (κ2) is 11.9. The van der Waals surface area contributed by atoms with Crippen molar-refractivity contribution in [3.63, 3.8) is 0 Å². The van der Waals surface area contributed by atoms with E-state index in [1.54, 1.807) is 0 Å². The van der Waals surface area contributed by atoms with Crippen LogP contribution in [0.4, 0.5) is 0 Å². The van der Waals surface area contributed by atoms with E-state index in [0.717, 1.165) is 24.7 Å². The Labute approximate surface area is 156 Å². The summed E-state index contributed by atoms with van der Waals surface area (Å²) in [5.74, 6) is 2.15. The fourth-order valence-corrected chi connectivity index (χ4v) is 5.01. The zero-order valence-electron chi connectivity index (χ0n) is 16.9. The highest BCUT2D eigenvalue weighted by atomic mass is 16.1. The van der Waals surface area contributed by atoms with Crippen molar-refractivity contribution >= 4 is 5.91 Å². The highest BCUT2D eigenvalue weighted by molar-refractivity contribution is 5.78. The predicted octanol–water partition coefficient (Wildman–Crippen LogP) is 5.00. The van der Waals surface area contributed by atoms with Crippen molar-refractivity contribution in [3.8, 4) is 0 Å². The van der Waals surface area contributed by atoms with Gasteiger partial charge in [-0.25, -0.2) is 0 Å². The molecule has 1 aliphatic carbocycles. The normalized spacial score (nSPS) is 24.2. The third kappa shape index (κ3) is 7.68. The lowest BCUT2D eigenvalue weighted by atomic mass is 9.80. The van der Waals surface area contributed by atoms with Crippen LogP contribution in [0.5, 0.6) is 0 Å². The topological polar surface area (TPSA) is 32.3 Å². The van der Waals surface area contributed by atoms with Crippen LogP contribution in [0.25, 0.3) is 0 Å². The highest BCUT2D eigenvalue weighted by Crippen LogP contribution is 2.31. The smallest absolute Gasteiger partial charge is 0.222 e. The van der Waals surface area contributed by atoms with Gasteiger partial charge in [0.05, 0.1) is 0 Å². The van der Waals surface area contributed by atoms with Gasteiger partial charge in [0, 0.05) is 19.5 Å². The molecule has 0 aromatic carbocycles. The molecule has 3 heteroatoms. The van der Waals surface area contributed by atoms with Crippen molar-refractivity contribution in [1.82, 2.24) is 10.2 Å². The Morgan fingerprint density at radius 2 is 1.84 bits per heavy atom. The van der Waals surface area contributed by atoms with Crippen LogP contribution in [0.15, 0.2) is 0 Å². The molecule has 25 heavy (non-hydrogen) atoms. The summed E-state index contributed by atoms with van der Waals surface area (Å²) in [5.41, 5.74) is 0. The van der Waals surface area contributed by atoms with E-state index < -0.39 is 0 Å². The molecule has 1 aliphatic heterocycles. The van der Waals surface area contributed by atoms with Crippen molar-refractivity contribution in [2.45, 2.75) is 90.4 Å². The second-order valence-corrected chi connectivity index (χ2v) is 8.64. The van der Waals surface area contributed by atoms with Crippen LogP contribution in [-0.2, 0) is 4.79 Å². The summed E-state index contributed by atoms with van der Waals surface area (Å²) in [4.78, 5) is 15.1. The van der Waals surface area contributed by atoms with Gasteiger partial charge in [0.15, 0.2) is 0 Å². The number of carbonyl (C=O) groups is 1. The summed E-state index contributed by atoms with van der Waals surface area (Å²) in [7, 11) is 1.81. The monoisotopic (exact) mass is 350 g/mol. The number of nitrogens with zero attached hydrogens (tertiary/aromatic N) is 1. The van der Waals surface area contributed by atoms with Gasteiger partial charge in [-0.05, 0) is 63.5 Å². The molecule has 0 aromatic heterocycles. The standard InChI is InChI=1S/C22H42N2O/c1-3-4-8-15-24-16-9-12-20(18-24)17-21(22(25)23-2)14-13-19-10-6-5-7-11-19/h19-21H,3-18H2,1-2H3,(H,23,25). The minimum atomic E-state index is 0.243. The molecule has 2 atom stereocenters. The molecule has 3 nitrogen and oxygen atoms in total. The SMILES string of the molecule is CCCCCN1CCCC(CC(CCC2CCCCC2)C(=O)NC)C1. The molecule has 0 bridgehead atoms. The van der Waals surface area contributed by atoms with Gasteiger partial charge in [-0.3, -0.25) is 4.79 Å². The van der Waals surface area contributed by atoms with Crippen LogP contribution in [0, 0.1) is 17.8 Å². The number of likely N-dealkylation sites (tertiary alicyclic amines) is 1. The summed E-state index contributed by atoms with van der Waals surface area (Å²) in [6.07, 6.45) is 17.1. The Kier molecular flexibility index (Phi) is 9.90. The number of nitrogens with one attached hydrogen (secondary N) is 1. The molecule has 2 rings (SSSR count). The molecule has 1 saturated heterocycles. The van der Waals surface area contributed by atoms with Crippen LogP contribution in [0.1, 0.15) is 90.4 Å². The highest BCUT2D eigenvalue weighted by Gasteiger charge is 2.27. The average Bonchev–Trinajstić information content (AvgIpc) is 2.66. The fraction of sp³-hybridized carbons (Fsp3) is 0.955. The summed E-state index contributed by atoms with van der Waals surface area (Å²) < 4.78 is 0. The van der Waals surface area contributed by atoms with Crippen molar-refractivity contribution < 1.29 is 4.79 Å². The number of rotatable bonds is 10. The lowest BCUT2D eigenvalue weighted by Gasteiger charge is -2.34. The third-order valence-corrected chi connectivity index (χ3v) is 6.56. The Bertz CT molecular complexity index is 365. The molecule has 1 saturated carbocycles. The number of piperidine rings is 1. The van der Waals surface area contributed by atoms with Gasteiger partial charge in [-0.1, -0.05) is 51.9 Å². The van der Waals surface area contributed by atoms with Crippen molar-refractivity contribution in [2.75, 3.05) is 26.7 Å². The summed E-state index contributed by atoms with van der Waals surface area (Å²) in [6.45, 7) is 6.03. The largest absolute Gasteiger partial charge is 0.359 e. The van der Waals surface area contributed by atoms with Gasteiger partial charge in [0.25, 0.3) is 0 Å². The van der Waals surface area contributed by atoms with Gasteiger partial charge >= 0.3 is 0 Å². The van der Waals surface area contributed by atoms with E-state index >= 15 is 0 Å². The minimum absolute atomic E-state index is 0.243. The average molecular weight is 351 g/mol. The molecule has 146 valence electrons. The van der Waals surface area contributed by atoms with Gasteiger partial charge in [0.1, 0.15) is 0 Å². The summed E-state index contributed by atoms with van der Waals surface area (Å²) >= 11 is 0. The maximum absolute atomic E-state index is 12.4. The minimum Gasteiger partial charge on any atom is -0.359 e. The van der Waals surface area contributed by atoms with E-state index in [1.165, 1.54) is 90.3 Å². The first-order valence-corrected chi connectivity index (χ1v) is 11.2. The molecule has 2 unspecified atom stereocenters. The van der Waals surface area contributed by atoms with E-state index in [9.17, 15) is 4.79 Å². The molecule has 0 radical (unpaired) electrons. The van der Waals surface area contributed by atoms with E-state index in [4.69, 9.17) is 0 Å². The maximum Gasteiger partial charge on any atom is 0.222 e. The van der Waals surface area contributed by atoms with Gasteiger partial charge in [-0.2, -0.15) is 0 Å². The van der Waals surface area contributed by atoms with Crippen molar-refractivity contribution in [3.05, 3.63) is 0 Å². The zero-order chi connectivity index (χ0) is 17.9. The molecular weight excluding hydrogens is 308 g/mol. The number of amides is 1. The molecule has 1 amide bonds. The fourth-order valence-electron chi connectivity index (χ4n) is 5.01. The Balaban J connectivity index is 1.77. The number of unbranched alkanes of at least 4 members (excludes halogenated alkanes) is 2. The first-order chi connectivity index (χ1) is 12.2. The first kappa shape index (κ1) is 20.7.